The molecule has 0 spiro atoms. The number of thiophene rings is 1. The Kier molecular flexibility index (Phi) is 4.31. The molecule has 0 radical (unpaired) electrons. The summed E-state index contributed by atoms with van der Waals surface area (Å²) in [5, 5.41) is 12.1. The SMILES string of the molecule is CC(Nc1ccc(F)cc1C#N)c1cc(Cl)sc1Cl. The lowest BCUT2D eigenvalue weighted by Gasteiger charge is -2.15. The lowest BCUT2D eigenvalue weighted by atomic mass is 10.1. The predicted molar refractivity (Wildman–Crippen MR) is 77.5 cm³/mol. The summed E-state index contributed by atoms with van der Waals surface area (Å²) in [6, 6.07) is 7.63. The molecule has 0 amide bonds. The Hall–Kier alpha value is -1.28. The number of hydrogen-bond donors (Lipinski definition) is 1. The average molecular weight is 315 g/mol. The topological polar surface area (TPSA) is 35.8 Å². The number of hydrogen-bond acceptors (Lipinski definition) is 3. The first-order valence-electron chi connectivity index (χ1n) is 5.42. The van der Waals surface area contributed by atoms with Gasteiger partial charge in [0.25, 0.3) is 0 Å². The lowest BCUT2D eigenvalue weighted by molar-refractivity contribution is 0.627. The van der Waals surface area contributed by atoms with Crippen molar-refractivity contribution in [1.82, 2.24) is 0 Å². The summed E-state index contributed by atoms with van der Waals surface area (Å²) in [5.41, 5.74) is 1.67. The molecule has 2 rings (SSSR count). The van der Waals surface area contributed by atoms with Crippen LogP contribution in [-0.4, -0.2) is 0 Å². The van der Waals surface area contributed by atoms with Crippen LogP contribution in [0.2, 0.25) is 8.67 Å². The second-order valence-corrected chi connectivity index (χ2v) is 6.23. The van der Waals surface area contributed by atoms with Gasteiger partial charge in [-0.3, -0.25) is 0 Å². The van der Waals surface area contributed by atoms with E-state index in [0.717, 1.165) is 5.56 Å². The number of anilines is 1. The van der Waals surface area contributed by atoms with Crippen molar-refractivity contribution in [2.24, 2.45) is 0 Å². The molecule has 0 saturated carbocycles. The van der Waals surface area contributed by atoms with Gasteiger partial charge in [-0.2, -0.15) is 5.26 Å². The molecule has 0 aliphatic rings. The van der Waals surface area contributed by atoms with E-state index in [0.29, 0.717) is 14.4 Å². The summed E-state index contributed by atoms with van der Waals surface area (Å²) in [5.74, 6) is -0.439. The van der Waals surface area contributed by atoms with Crippen molar-refractivity contribution >= 4 is 40.2 Å². The van der Waals surface area contributed by atoms with Crippen molar-refractivity contribution in [2.45, 2.75) is 13.0 Å². The Morgan fingerprint density at radius 2 is 2.11 bits per heavy atom. The van der Waals surface area contributed by atoms with Gasteiger partial charge in [0, 0.05) is 5.56 Å². The zero-order valence-electron chi connectivity index (χ0n) is 9.88. The third-order valence-electron chi connectivity index (χ3n) is 2.62. The highest BCUT2D eigenvalue weighted by Gasteiger charge is 2.14. The molecule has 98 valence electrons. The minimum absolute atomic E-state index is 0.131. The summed E-state index contributed by atoms with van der Waals surface area (Å²) >= 11 is 13.3. The molecular weight excluding hydrogens is 306 g/mol. The van der Waals surface area contributed by atoms with E-state index in [1.54, 1.807) is 6.07 Å². The fourth-order valence-corrected chi connectivity index (χ4v) is 3.34. The average Bonchev–Trinajstić information content (AvgIpc) is 2.70. The van der Waals surface area contributed by atoms with Gasteiger partial charge in [-0.15, -0.1) is 11.3 Å². The second kappa shape index (κ2) is 5.79. The molecule has 0 fully saturated rings. The summed E-state index contributed by atoms with van der Waals surface area (Å²) in [7, 11) is 0. The largest absolute Gasteiger partial charge is 0.377 e. The maximum Gasteiger partial charge on any atom is 0.124 e. The zero-order chi connectivity index (χ0) is 14.0. The third-order valence-corrected chi connectivity index (χ3v) is 4.14. The maximum atomic E-state index is 13.0. The van der Waals surface area contributed by atoms with Crippen LogP contribution in [0.4, 0.5) is 10.1 Å². The van der Waals surface area contributed by atoms with Crippen molar-refractivity contribution < 1.29 is 4.39 Å². The summed E-state index contributed by atoms with van der Waals surface area (Å²) in [4.78, 5) is 0. The molecule has 19 heavy (non-hydrogen) atoms. The molecular formula is C13H9Cl2FN2S. The minimum atomic E-state index is -0.439. The zero-order valence-corrected chi connectivity index (χ0v) is 12.2. The van der Waals surface area contributed by atoms with Crippen LogP contribution in [0.1, 0.15) is 24.1 Å². The summed E-state index contributed by atoms with van der Waals surface area (Å²) in [6.45, 7) is 1.90. The molecule has 1 aromatic heterocycles. The molecule has 0 aliphatic heterocycles. The molecule has 1 heterocycles. The fourth-order valence-electron chi connectivity index (χ4n) is 1.69. The first-order valence-corrected chi connectivity index (χ1v) is 6.99. The van der Waals surface area contributed by atoms with E-state index < -0.39 is 5.82 Å². The number of rotatable bonds is 3. The quantitative estimate of drug-likeness (QED) is 0.841. The monoisotopic (exact) mass is 314 g/mol. The molecule has 0 saturated heterocycles. The Morgan fingerprint density at radius 1 is 1.37 bits per heavy atom. The van der Waals surface area contributed by atoms with Crippen LogP contribution in [0.25, 0.3) is 0 Å². The van der Waals surface area contributed by atoms with Gasteiger partial charge in [-0.25, -0.2) is 4.39 Å². The third kappa shape index (κ3) is 3.19. The Labute approximate surface area is 124 Å². The van der Waals surface area contributed by atoms with Gasteiger partial charge >= 0.3 is 0 Å². The molecule has 2 aromatic rings. The van der Waals surface area contributed by atoms with E-state index in [1.807, 2.05) is 13.0 Å². The van der Waals surface area contributed by atoms with Crippen LogP contribution in [0.5, 0.6) is 0 Å². The Bertz CT molecular complexity index is 649. The van der Waals surface area contributed by atoms with Gasteiger partial charge < -0.3 is 5.32 Å². The molecule has 0 bridgehead atoms. The number of benzene rings is 1. The predicted octanol–water partition coefficient (Wildman–Crippen LogP) is 5.24. The first kappa shape index (κ1) is 14.1. The van der Waals surface area contributed by atoms with E-state index in [-0.39, 0.29) is 11.6 Å². The van der Waals surface area contributed by atoms with E-state index in [2.05, 4.69) is 5.32 Å². The fraction of sp³-hybridized carbons (Fsp3) is 0.154. The number of nitriles is 1. The molecule has 1 N–H and O–H groups in total. The van der Waals surface area contributed by atoms with Crippen molar-refractivity contribution in [1.29, 1.82) is 5.26 Å². The minimum Gasteiger partial charge on any atom is -0.377 e. The van der Waals surface area contributed by atoms with Crippen molar-refractivity contribution in [3.63, 3.8) is 0 Å². The van der Waals surface area contributed by atoms with Crippen molar-refractivity contribution in [2.75, 3.05) is 5.32 Å². The highest BCUT2D eigenvalue weighted by Crippen LogP contribution is 2.36. The van der Waals surface area contributed by atoms with E-state index >= 15 is 0 Å². The molecule has 1 aromatic carbocycles. The lowest BCUT2D eigenvalue weighted by Crippen LogP contribution is -2.07. The maximum absolute atomic E-state index is 13.0. The normalized spacial score (nSPS) is 11.9. The van der Waals surface area contributed by atoms with E-state index in [4.69, 9.17) is 28.5 Å². The number of nitrogens with zero attached hydrogens (tertiary/aromatic N) is 1. The molecule has 2 nitrogen and oxygen atoms in total. The molecule has 0 aliphatic carbocycles. The number of halogens is 3. The highest BCUT2D eigenvalue weighted by atomic mass is 35.5. The van der Waals surface area contributed by atoms with Crippen LogP contribution in [-0.2, 0) is 0 Å². The highest BCUT2D eigenvalue weighted by molar-refractivity contribution is 7.20. The van der Waals surface area contributed by atoms with E-state index in [9.17, 15) is 4.39 Å². The van der Waals surface area contributed by atoms with Gasteiger partial charge in [0.05, 0.1) is 26.0 Å². The van der Waals surface area contributed by atoms with Crippen LogP contribution in [0, 0.1) is 17.1 Å². The van der Waals surface area contributed by atoms with Crippen molar-refractivity contribution in [3.8, 4) is 6.07 Å². The summed E-state index contributed by atoms with van der Waals surface area (Å²) in [6.07, 6.45) is 0. The molecule has 1 atom stereocenters. The van der Waals surface area contributed by atoms with Crippen LogP contribution >= 0.6 is 34.5 Å². The van der Waals surface area contributed by atoms with Crippen LogP contribution < -0.4 is 5.32 Å². The standard InChI is InChI=1S/C13H9Cl2FN2S/c1-7(10-5-12(14)19-13(10)15)18-11-3-2-9(16)4-8(11)6-17/h2-5,7,18H,1H3. The second-order valence-electron chi connectivity index (χ2n) is 3.95. The van der Waals surface area contributed by atoms with Gasteiger partial charge in [-0.1, -0.05) is 23.2 Å². The number of nitrogens with one attached hydrogen (secondary N) is 1. The molecule has 6 heteroatoms. The van der Waals surface area contributed by atoms with E-state index in [1.165, 1.54) is 29.5 Å². The smallest absolute Gasteiger partial charge is 0.124 e. The van der Waals surface area contributed by atoms with Gasteiger partial charge in [-0.05, 0) is 31.2 Å². The van der Waals surface area contributed by atoms with Crippen LogP contribution in [0.3, 0.4) is 0 Å². The van der Waals surface area contributed by atoms with Gasteiger partial charge in [0.2, 0.25) is 0 Å². The Balaban J connectivity index is 2.27. The van der Waals surface area contributed by atoms with Crippen molar-refractivity contribution in [3.05, 3.63) is 49.9 Å². The van der Waals surface area contributed by atoms with Gasteiger partial charge in [0.1, 0.15) is 11.9 Å². The first-order chi connectivity index (χ1) is 9.01. The summed E-state index contributed by atoms with van der Waals surface area (Å²) < 4.78 is 14.3. The van der Waals surface area contributed by atoms with Gasteiger partial charge in [0.15, 0.2) is 0 Å². The Morgan fingerprint density at radius 3 is 2.68 bits per heavy atom. The van der Waals surface area contributed by atoms with Crippen LogP contribution in [0.15, 0.2) is 24.3 Å². The molecule has 1 unspecified atom stereocenters.